The number of carbonyl (C=O) groups excluding carboxylic acids is 1. The Balaban J connectivity index is 2.04. The fraction of sp³-hybridized carbons (Fsp3) is 0.500. The van der Waals surface area contributed by atoms with E-state index in [-0.39, 0.29) is 11.6 Å². The number of carbonyl (C=O) groups is 1. The maximum atomic E-state index is 13.0. The molecule has 1 heterocycles. The van der Waals surface area contributed by atoms with Crippen LogP contribution in [0.5, 0.6) is 0 Å². The molecule has 0 radical (unpaired) electrons. The Labute approximate surface area is 196 Å². The monoisotopic (exact) mass is 457 g/mol. The van der Waals surface area contributed by atoms with Crippen LogP contribution in [0.1, 0.15) is 57.1 Å². The quantitative estimate of drug-likeness (QED) is 0.681. The smallest absolute Gasteiger partial charge is 0.412 e. The molecule has 6 heteroatoms. The number of nitrogens with zero attached hydrogens (tertiary/aromatic N) is 1. The van der Waals surface area contributed by atoms with Crippen LogP contribution in [0.2, 0.25) is 5.04 Å². The Morgan fingerprint density at radius 3 is 1.94 bits per heavy atom. The number of likely N-dealkylation sites (tertiary alicyclic amines) is 1. The van der Waals surface area contributed by atoms with Crippen LogP contribution in [0.4, 0.5) is 4.79 Å². The summed E-state index contributed by atoms with van der Waals surface area (Å²) < 4.78 is 29.3. The summed E-state index contributed by atoms with van der Waals surface area (Å²) in [7, 11) is -2.91. The zero-order valence-corrected chi connectivity index (χ0v) is 20.9. The minimum atomic E-state index is -2.91. The van der Waals surface area contributed by atoms with Gasteiger partial charge in [0, 0.05) is 2.74 Å². The van der Waals surface area contributed by atoms with Gasteiger partial charge in [0.05, 0.1) is 12.6 Å². The van der Waals surface area contributed by atoms with Gasteiger partial charge in [0.2, 0.25) is 0 Å². The second-order valence-electron chi connectivity index (χ2n) is 10.2. The van der Waals surface area contributed by atoms with Crippen LogP contribution in [0, 0.1) is 0 Å². The molecule has 4 atom stereocenters. The zero-order chi connectivity index (χ0) is 25.3. The van der Waals surface area contributed by atoms with Gasteiger partial charge in [-0.1, -0.05) is 81.4 Å². The molecule has 1 amide bonds. The highest BCUT2D eigenvalue weighted by Crippen LogP contribution is 2.37. The number of benzene rings is 2. The van der Waals surface area contributed by atoms with E-state index in [4.69, 9.17) is 11.9 Å². The number of hydrogen-bond donors (Lipinski definition) is 1. The van der Waals surface area contributed by atoms with Crippen LogP contribution < -0.4 is 10.4 Å². The van der Waals surface area contributed by atoms with E-state index in [0.29, 0.717) is 0 Å². The van der Waals surface area contributed by atoms with Gasteiger partial charge in [0.25, 0.3) is 8.32 Å². The fourth-order valence-electron chi connectivity index (χ4n) is 4.28. The lowest BCUT2D eigenvalue weighted by Gasteiger charge is -2.44. The molecule has 5 nitrogen and oxygen atoms in total. The summed E-state index contributed by atoms with van der Waals surface area (Å²) in [6, 6.07) is 19.4. The van der Waals surface area contributed by atoms with E-state index < -0.39 is 45.1 Å². The Morgan fingerprint density at radius 2 is 1.50 bits per heavy atom. The van der Waals surface area contributed by atoms with E-state index in [9.17, 15) is 9.90 Å². The molecule has 174 valence electrons. The van der Waals surface area contributed by atoms with Crippen LogP contribution in [-0.2, 0) is 9.16 Å². The van der Waals surface area contributed by atoms with Crippen molar-refractivity contribution in [2.24, 2.45) is 0 Å². The molecule has 1 N–H and O–H groups in total. The lowest BCUT2D eigenvalue weighted by molar-refractivity contribution is -0.0294. The molecule has 2 aromatic carbocycles. The topological polar surface area (TPSA) is 59.0 Å². The Kier molecular flexibility index (Phi) is 6.35. The van der Waals surface area contributed by atoms with Crippen LogP contribution >= 0.6 is 0 Å². The van der Waals surface area contributed by atoms with Crippen molar-refractivity contribution in [3.05, 3.63) is 60.7 Å². The first-order chi connectivity index (χ1) is 15.8. The molecule has 0 aliphatic carbocycles. The summed E-state index contributed by atoms with van der Waals surface area (Å²) in [6.45, 7) is 11.7. The average molecular weight is 458 g/mol. The minimum absolute atomic E-state index is 0.0210. The highest BCUT2D eigenvalue weighted by molar-refractivity contribution is 6.99. The number of ether oxygens (including phenoxy) is 1. The Bertz CT molecular complexity index is 923. The summed E-state index contributed by atoms with van der Waals surface area (Å²) in [5, 5.41) is 12.6. The third-order valence-corrected chi connectivity index (χ3v) is 10.6. The third kappa shape index (κ3) is 5.08. The highest BCUT2D eigenvalue weighted by atomic mass is 28.4. The molecular weight excluding hydrogens is 418 g/mol. The molecule has 1 aliphatic rings. The molecule has 0 spiro atoms. The molecule has 1 fully saturated rings. The first-order valence-corrected chi connectivity index (χ1v) is 13.0. The number of aliphatic hydroxyl groups excluding tert-OH is 1. The van der Waals surface area contributed by atoms with Gasteiger partial charge in [-0.3, -0.25) is 4.90 Å². The molecule has 0 saturated carbocycles. The molecule has 1 unspecified atom stereocenters. The third-order valence-electron chi connectivity index (χ3n) is 5.64. The molecule has 2 aromatic rings. The summed E-state index contributed by atoms with van der Waals surface area (Å²) in [6.07, 6.45) is -4.35. The largest absolute Gasteiger partial charge is 0.444 e. The van der Waals surface area contributed by atoms with Gasteiger partial charge in [0.15, 0.2) is 0 Å². The maximum absolute atomic E-state index is 13.0. The van der Waals surface area contributed by atoms with Crippen LogP contribution in [-0.4, -0.2) is 48.9 Å². The second-order valence-corrected chi connectivity index (χ2v) is 14.5. The normalized spacial score (nSPS) is 25.3. The zero-order valence-electron chi connectivity index (χ0n) is 21.9. The van der Waals surface area contributed by atoms with Gasteiger partial charge < -0.3 is 14.3 Å². The Morgan fingerprint density at radius 1 is 1.00 bits per heavy atom. The second kappa shape index (κ2) is 9.38. The standard InChI is InChI=1S/C26H37NO4Si/c1-25(2,3)31-24(29)27-20(17-18-23(27)28)19-30-32(26(4,5)6,21-13-9-7-10-14-21)22-15-11-8-12-16-22/h7-16,20,23,28H,17-19H2,1-6H3/t20-,23?/m0/s1/i17D,18D/t17-,18+,20-,23?. The van der Waals surface area contributed by atoms with E-state index >= 15 is 0 Å². The SMILES string of the molecule is [2H][C@@H]1[C@@H](CO[Si](c2ccccc2)(c2ccccc2)C(C)(C)C)N(C(=O)OC(C)(C)C)C(O)[C@@H]1[2H]. The van der Waals surface area contributed by atoms with Crippen molar-refractivity contribution in [3.8, 4) is 0 Å². The van der Waals surface area contributed by atoms with Crippen molar-refractivity contribution in [2.75, 3.05) is 6.61 Å². The molecule has 3 rings (SSSR count). The average Bonchev–Trinajstić information content (AvgIpc) is 2.97. The van der Waals surface area contributed by atoms with Crippen molar-refractivity contribution in [3.63, 3.8) is 0 Å². The minimum Gasteiger partial charge on any atom is -0.444 e. The molecule has 0 bridgehead atoms. The van der Waals surface area contributed by atoms with Crippen LogP contribution in [0.25, 0.3) is 0 Å². The van der Waals surface area contributed by atoms with Crippen molar-refractivity contribution < 1.29 is 21.8 Å². The summed E-state index contributed by atoms with van der Waals surface area (Å²) in [5.41, 5.74) is -0.766. The van der Waals surface area contributed by atoms with E-state index in [0.717, 1.165) is 15.3 Å². The lowest BCUT2D eigenvalue weighted by atomic mass is 10.2. The molecule has 0 aromatic heterocycles. The van der Waals surface area contributed by atoms with Crippen molar-refractivity contribution >= 4 is 24.8 Å². The molecule has 32 heavy (non-hydrogen) atoms. The number of rotatable bonds is 5. The summed E-state index contributed by atoms with van der Waals surface area (Å²) in [4.78, 5) is 14.1. The Hall–Kier alpha value is -2.15. The van der Waals surface area contributed by atoms with Gasteiger partial charge in [-0.25, -0.2) is 4.79 Å². The van der Waals surface area contributed by atoms with Gasteiger partial charge in [-0.2, -0.15) is 0 Å². The van der Waals surface area contributed by atoms with Gasteiger partial charge >= 0.3 is 6.09 Å². The van der Waals surface area contributed by atoms with Gasteiger partial charge in [-0.05, 0) is 49.0 Å². The van der Waals surface area contributed by atoms with Crippen molar-refractivity contribution in [1.29, 1.82) is 0 Å². The number of aliphatic hydroxyl groups is 1. The van der Waals surface area contributed by atoms with E-state index in [1.807, 2.05) is 36.4 Å². The van der Waals surface area contributed by atoms with Crippen molar-refractivity contribution in [1.82, 2.24) is 4.90 Å². The van der Waals surface area contributed by atoms with E-state index in [1.165, 1.54) is 0 Å². The first kappa shape index (κ1) is 21.7. The maximum Gasteiger partial charge on any atom is 0.412 e. The van der Waals surface area contributed by atoms with E-state index in [2.05, 4.69) is 45.0 Å². The number of amides is 1. The van der Waals surface area contributed by atoms with Gasteiger partial charge in [-0.15, -0.1) is 0 Å². The molecule has 1 aliphatic heterocycles. The van der Waals surface area contributed by atoms with Crippen LogP contribution in [0.3, 0.4) is 0 Å². The number of hydrogen-bond acceptors (Lipinski definition) is 4. The van der Waals surface area contributed by atoms with Crippen LogP contribution in [0.15, 0.2) is 60.7 Å². The molecule has 1 saturated heterocycles. The van der Waals surface area contributed by atoms with Crippen molar-refractivity contribution in [2.45, 2.75) is 77.2 Å². The predicted octanol–water partition coefficient (Wildman–Crippen LogP) is 4.28. The molecular formula is C26H37NO4Si. The predicted molar refractivity (Wildman–Crippen MR) is 131 cm³/mol. The van der Waals surface area contributed by atoms with Gasteiger partial charge in [0.1, 0.15) is 11.8 Å². The van der Waals surface area contributed by atoms with E-state index in [1.54, 1.807) is 20.8 Å². The summed E-state index contributed by atoms with van der Waals surface area (Å²) in [5.74, 6) is 0. The lowest BCUT2D eigenvalue weighted by Crippen LogP contribution is -2.67. The summed E-state index contributed by atoms with van der Waals surface area (Å²) >= 11 is 0. The highest BCUT2D eigenvalue weighted by Gasteiger charge is 2.51. The first-order valence-electron chi connectivity index (χ1n) is 12.2. The fourth-order valence-corrected chi connectivity index (χ4v) is 8.85.